The number of nitrogens with one attached hydrogen (secondary N) is 1. The van der Waals surface area contributed by atoms with Gasteiger partial charge in [0.15, 0.2) is 0 Å². The fourth-order valence-corrected chi connectivity index (χ4v) is 4.53. The number of hydrogen-bond acceptors (Lipinski definition) is 4. The smallest absolute Gasteiger partial charge is 0.249 e. The monoisotopic (exact) mass is 334 g/mol. The van der Waals surface area contributed by atoms with Crippen molar-refractivity contribution in [3.05, 3.63) is 22.4 Å². The standard InChI is InChI=1S/C18H26N2O2S/c21-17(19-12-14-3-4-14)16-5-6-18(22-16)7-9-20(10-8-18)13-15-2-1-11-23-15/h1-2,11,14,16H,3-10,12-13H2,(H,19,21). The minimum atomic E-state index is -0.211. The van der Waals surface area contributed by atoms with E-state index in [4.69, 9.17) is 4.74 Å². The van der Waals surface area contributed by atoms with Gasteiger partial charge in [-0.05, 0) is 55.9 Å². The highest BCUT2D eigenvalue weighted by atomic mass is 32.1. The van der Waals surface area contributed by atoms with Gasteiger partial charge in [0.2, 0.25) is 5.91 Å². The molecule has 2 saturated heterocycles. The van der Waals surface area contributed by atoms with Crippen LogP contribution in [0.15, 0.2) is 17.5 Å². The fourth-order valence-electron chi connectivity index (χ4n) is 3.79. The summed E-state index contributed by atoms with van der Waals surface area (Å²) in [6, 6.07) is 4.33. The van der Waals surface area contributed by atoms with Crippen LogP contribution in [0, 0.1) is 5.92 Å². The molecule has 1 aliphatic carbocycles. The highest BCUT2D eigenvalue weighted by molar-refractivity contribution is 7.09. The van der Waals surface area contributed by atoms with Gasteiger partial charge in [0.1, 0.15) is 6.10 Å². The Balaban J connectivity index is 1.25. The first-order chi connectivity index (χ1) is 11.2. The van der Waals surface area contributed by atoms with Gasteiger partial charge in [-0.2, -0.15) is 0 Å². The Hall–Kier alpha value is -0.910. The molecule has 0 aromatic carbocycles. The second-order valence-corrected chi connectivity index (χ2v) is 8.40. The molecule has 0 radical (unpaired) electrons. The van der Waals surface area contributed by atoms with Gasteiger partial charge in [0.25, 0.3) is 0 Å². The maximum Gasteiger partial charge on any atom is 0.249 e. The van der Waals surface area contributed by atoms with Crippen molar-refractivity contribution in [1.29, 1.82) is 0 Å². The Morgan fingerprint density at radius 2 is 2.13 bits per heavy atom. The van der Waals surface area contributed by atoms with E-state index in [-0.39, 0.29) is 17.6 Å². The maximum absolute atomic E-state index is 12.2. The third-order valence-corrected chi connectivity index (χ3v) is 6.40. The molecule has 3 heterocycles. The minimum Gasteiger partial charge on any atom is -0.362 e. The van der Waals surface area contributed by atoms with Gasteiger partial charge in [-0.1, -0.05) is 6.07 Å². The van der Waals surface area contributed by atoms with Gasteiger partial charge in [0, 0.05) is 31.1 Å². The average molecular weight is 334 g/mol. The summed E-state index contributed by atoms with van der Waals surface area (Å²) in [6.07, 6.45) is 6.39. The molecule has 126 valence electrons. The van der Waals surface area contributed by atoms with Crippen molar-refractivity contribution in [2.45, 2.75) is 56.8 Å². The predicted octanol–water partition coefficient (Wildman–Crippen LogP) is 2.79. The lowest BCUT2D eigenvalue weighted by molar-refractivity contribution is -0.140. The van der Waals surface area contributed by atoms with Crippen molar-refractivity contribution in [3.63, 3.8) is 0 Å². The van der Waals surface area contributed by atoms with Crippen LogP contribution < -0.4 is 5.32 Å². The number of likely N-dealkylation sites (tertiary alicyclic amines) is 1. The molecule has 2 aliphatic heterocycles. The van der Waals surface area contributed by atoms with E-state index in [1.54, 1.807) is 0 Å². The lowest BCUT2D eigenvalue weighted by Crippen LogP contribution is -2.45. The van der Waals surface area contributed by atoms with Crippen LogP contribution in [0.5, 0.6) is 0 Å². The van der Waals surface area contributed by atoms with E-state index in [1.165, 1.54) is 17.7 Å². The number of thiophene rings is 1. The second-order valence-electron chi connectivity index (χ2n) is 7.37. The summed E-state index contributed by atoms with van der Waals surface area (Å²) in [5.41, 5.74) is -0.0342. The summed E-state index contributed by atoms with van der Waals surface area (Å²) >= 11 is 1.83. The van der Waals surface area contributed by atoms with Crippen LogP contribution in [-0.4, -0.2) is 42.1 Å². The lowest BCUT2D eigenvalue weighted by Gasteiger charge is -2.38. The highest BCUT2D eigenvalue weighted by Crippen LogP contribution is 2.39. The van der Waals surface area contributed by atoms with Gasteiger partial charge in [0.05, 0.1) is 5.60 Å². The zero-order valence-electron chi connectivity index (χ0n) is 13.6. The number of hydrogen-bond donors (Lipinski definition) is 1. The van der Waals surface area contributed by atoms with Gasteiger partial charge in [-0.15, -0.1) is 11.3 Å². The molecular weight excluding hydrogens is 308 g/mol. The van der Waals surface area contributed by atoms with E-state index in [0.717, 1.165) is 57.8 Å². The van der Waals surface area contributed by atoms with Crippen LogP contribution in [0.3, 0.4) is 0 Å². The Morgan fingerprint density at radius 3 is 2.83 bits per heavy atom. The van der Waals surface area contributed by atoms with E-state index in [2.05, 4.69) is 27.7 Å². The normalized spacial score (nSPS) is 27.4. The van der Waals surface area contributed by atoms with Gasteiger partial charge >= 0.3 is 0 Å². The van der Waals surface area contributed by atoms with E-state index >= 15 is 0 Å². The van der Waals surface area contributed by atoms with Gasteiger partial charge in [-0.25, -0.2) is 0 Å². The quantitative estimate of drug-likeness (QED) is 0.900. The van der Waals surface area contributed by atoms with Gasteiger partial charge in [-0.3, -0.25) is 9.69 Å². The summed E-state index contributed by atoms with van der Waals surface area (Å²) in [5.74, 6) is 0.851. The number of amides is 1. The molecule has 1 spiro atoms. The van der Waals surface area contributed by atoms with Crippen molar-refractivity contribution in [3.8, 4) is 0 Å². The van der Waals surface area contributed by atoms with Crippen molar-refractivity contribution in [2.24, 2.45) is 5.92 Å². The molecule has 1 unspecified atom stereocenters. The number of rotatable bonds is 5. The molecule has 3 aliphatic rings. The molecule has 4 rings (SSSR count). The number of carbonyl (C=O) groups is 1. The van der Waals surface area contributed by atoms with Crippen molar-refractivity contribution >= 4 is 17.2 Å². The molecule has 3 fully saturated rings. The Bertz CT molecular complexity index is 533. The zero-order valence-corrected chi connectivity index (χ0v) is 14.4. The molecule has 1 aromatic rings. The van der Waals surface area contributed by atoms with E-state index < -0.39 is 0 Å². The summed E-state index contributed by atoms with van der Waals surface area (Å²) in [5, 5.41) is 5.22. The van der Waals surface area contributed by atoms with Crippen molar-refractivity contribution in [2.75, 3.05) is 19.6 Å². The Labute approximate surface area is 142 Å². The Kier molecular flexibility index (Phi) is 4.43. The molecule has 23 heavy (non-hydrogen) atoms. The molecule has 1 aromatic heterocycles. The van der Waals surface area contributed by atoms with Gasteiger partial charge < -0.3 is 10.1 Å². The topological polar surface area (TPSA) is 41.6 Å². The van der Waals surface area contributed by atoms with Crippen LogP contribution in [0.2, 0.25) is 0 Å². The van der Waals surface area contributed by atoms with Crippen molar-refractivity contribution in [1.82, 2.24) is 10.2 Å². The predicted molar refractivity (Wildman–Crippen MR) is 91.4 cm³/mol. The molecule has 1 saturated carbocycles. The first-order valence-electron chi connectivity index (χ1n) is 8.93. The lowest BCUT2D eigenvalue weighted by atomic mass is 9.88. The molecule has 0 bridgehead atoms. The summed E-state index contributed by atoms with van der Waals surface area (Å²) in [4.78, 5) is 16.2. The van der Waals surface area contributed by atoms with Crippen LogP contribution >= 0.6 is 11.3 Å². The molecule has 1 N–H and O–H groups in total. The van der Waals surface area contributed by atoms with Crippen LogP contribution in [0.4, 0.5) is 0 Å². The number of piperidine rings is 1. The van der Waals surface area contributed by atoms with Crippen molar-refractivity contribution < 1.29 is 9.53 Å². The molecular formula is C18H26N2O2S. The summed E-state index contributed by atoms with van der Waals surface area (Å²) in [6.45, 7) is 4.06. The first kappa shape index (κ1) is 15.6. The van der Waals surface area contributed by atoms with Crippen LogP contribution in [-0.2, 0) is 16.1 Å². The number of carbonyl (C=O) groups excluding carboxylic acids is 1. The largest absolute Gasteiger partial charge is 0.362 e. The highest BCUT2D eigenvalue weighted by Gasteiger charge is 2.44. The van der Waals surface area contributed by atoms with E-state index in [1.807, 2.05) is 11.3 Å². The molecule has 1 atom stereocenters. The van der Waals surface area contributed by atoms with Crippen LogP contribution in [0.25, 0.3) is 0 Å². The molecule has 4 nitrogen and oxygen atoms in total. The number of ether oxygens (including phenoxy) is 1. The Morgan fingerprint density at radius 1 is 1.30 bits per heavy atom. The van der Waals surface area contributed by atoms with E-state index in [0.29, 0.717) is 0 Å². The summed E-state index contributed by atoms with van der Waals surface area (Å²) in [7, 11) is 0. The number of nitrogens with zero attached hydrogens (tertiary/aromatic N) is 1. The SMILES string of the molecule is O=C(NCC1CC1)C1CCC2(CCN(Cc3cccs3)CC2)O1. The zero-order chi connectivity index (χ0) is 15.7. The first-order valence-corrected chi connectivity index (χ1v) is 9.81. The second kappa shape index (κ2) is 6.54. The average Bonchev–Trinajstić information content (AvgIpc) is 3.08. The fraction of sp³-hybridized carbons (Fsp3) is 0.722. The van der Waals surface area contributed by atoms with Crippen LogP contribution in [0.1, 0.15) is 43.4 Å². The van der Waals surface area contributed by atoms with E-state index in [9.17, 15) is 4.79 Å². The third-order valence-electron chi connectivity index (χ3n) is 5.54. The molecule has 5 heteroatoms. The third kappa shape index (κ3) is 3.78. The summed E-state index contributed by atoms with van der Waals surface area (Å²) < 4.78 is 6.25. The maximum atomic E-state index is 12.2. The minimum absolute atomic E-state index is 0.0342. The molecule has 1 amide bonds.